The Morgan fingerprint density at radius 3 is 1.00 bits per heavy atom. The fourth-order valence-electron chi connectivity index (χ4n) is 1.72. The SMILES string of the molecule is CCO[Si](C)(/C=C/[Si](C)(OCC)OCC)OCC. The van der Waals surface area contributed by atoms with Crippen molar-refractivity contribution in [2.24, 2.45) is 0 Å². The van der Waals surface area contributed by atoms with Crippen LogP contribution in [-0.2, 0) is 17.7 Å². The molecule has 0 aliphatic rings. The van der Waals surface area contributed by atoms with Gasteiger partial charge in [0.2, 0.25) is 0 Å². The van der Waals surface area contributed by atoms with Gasteiger partial charge in [-0.15, -0.1) is 0 Å². The fraction of sp³-hybridized carbons (Fsp3) is 0.833. The maximum atomic E-state index is 5.76. The molecule has 0 fully saturated rings. The Bertz CT molecular complexity index is 210. The average molecular weight is 293 g/mol. The molecule has 0 saturated carbocycles. The minimum absolute atomic E-state index is 0.661. The molecule has 18 heavy (non-hydrogen) atoms. The Morgan fingerprint density at radius 1 is 0.611 bits per heavy atom. The van der Waals surface area contributed by atoms with Crippen molar-refractivity contribution in [3.05, 3.63) is 11.4 Å². The maximum Gasteiger partial charge on any atom is 0.361 e. The van der Waals surface area contributed by atoms with E-state index in [2.05, 4.69) is 11.4 Å². The molecule has 0 spiro atoms. The van der Waals surface area contributed by atoms with Crippen LogP contribution in [0.5, 0.6) is 0 Å². The van der Waals surface area contributed by atoms with Gasteiger partial charge in [0.1, 0.15) is 0 Å². The highest BCUT2D eigenvalue weighted by molar-refractivity contribution is 6.77. The minimum Gasteiger partial charge on any atom is -0.392 e. The van der Waals surface area contributed by atoms with Crippen molar-refractivity contribution in [3.8, 4) is 0 Å². The molecule has 0 bridgehead atoms. The smallest absolute Gasteiger partial charge is 0.361 e. The third-order valence-corrected chi connectivity index (χ3v) is 7.74. The Kier molecular flexibility index (Phi) is 9.01. The van der Waals surface area contributed by atoms with Crippen molar-refractivity contribution in [2.45, 2.75) is 40.8 Å². The van der Waals surface area contributed by atoms with Crippen molar-refractivity contribution in [3.63, 3.8) is 0 Å². The van der Waals surface area contributed by atoms with Crippen molar-refractivity contribution >= 4 is 17.1 Å². The number of hydrogen-bond donors (Lipinski definition) is 0. The molecule has 0 aromatic rings. The molecule has 6 heteroatoms. The molecule has 0 atom stereocenters. The zero-order chi connectivity index (χ0) is 14.1. The van der Waals surface area contributed by atoms with E-state index in [0.717, 1.165) is 0 Å². The summed E-state index contributed by atoms with van der Waals surface area (Å²) in [7, 11) is -4.45. The molecule has 0 rings (SSSR count). The molecule has 0 unspecified atom stereocenters. The minimum atomic E-state index is -2.22. The van der Waals surface area contributed by atoms with E-state index in [-0.39, 0.29) is 0 Å². The Balaban J connectivity index is 4.79. The first kappa shape index (κ1) is 18.0. The summed E-state index contributed by atoms with van der Waals surface area (Å²) in [4.78, 5) is 0. The molecule has 0 aromatic heterocycles. The van der Waals surface area contributed by atoms with Crippen molar-refractivity contribution in [2.75, 3.05) is 26.4 Å². The Labute approximate surface area is 114 Å². The standard InChI is InChI=1S/C12H28O4Si2/c1-7-13-17(5,14-8-2)11-12-18(6,15-9-3)16-10-4/h11-12H,7-10H2,1-6H3/b12-11+. The summed E-state index contributed by atoms with van der Waals surface area (Å²) in [6.45, 7) is 14.7. The normalized spacial score (nSPS) is 13.4. The van der Waals surface area contributed by atoms with Gasteiger partial charge in [-0.2, -0.15) is 0 Å². The van der Waals surface area contributed by atoms with Crippen LogP contribution in [0.4, 0.5) is 0 Å². The summed E-state index contributed by atoms with van der Waals surface area (Å²) >= 11 is 0. The second kappa shape index (κ2) is 9.00. The van der Waals surface area contributed by atoms with Crippen LogP contribution < -0.4 is 0 Å². The van der Waals surface area contributed by atoms with Crippen LogP contribution in [0.15, 0.2) is 11.4 Å². The quantitative estimate of drug-likeness (QED) is 0.580. The fourth-order valence-corrected chi connectivity index (χ4v) is 6.99. The van der Waals surface area contributed by atoms with E-state index in [9.17, 15) is 0 Å². The molecule has 4 nitrogen and oxygen atoms in total. The second-order valence-corrected chi connectivity index (χ2v) is 9.98. The molecular formula is C12H28O4Si2. The van der Waals surface area contributed by atoms with Crippen LogP contribution in [0.3, 0.4) is 0 Å². The monoisotopic (exact) mass is 292 g/mol. The Hall–Kier alpha value is 0.0138. The molecule has 0 N–H and O–H groups in total. The molecule has 0 amide bonds. The van der Waals surface area contributed by atoms with Gasteiger partial charge in [-0.1, -0.05) is 0 Å². The second-order valence-electron chi connectivity index (χ2n) is 4.10. The largest absolute Gasteiger partial charge is 0.392 e. The summed E-state index contributed by atoms with van der Waals surface area (Å²) in [6.07, 6.45) is 0. The molecule has 108 valence electrons. The Morgan fingerprint density at radius 2 is 0.833 bits per heavy atom. The van der Waals surface area contributed by atoms with Crippen LogP contribution >= 0.6 is 0 Å². The lowest BCUT2D eigenvalue weighted by atomic mass is 10.9. The van der Waals surface area contributed by atoms with Gasteiger partial charge < -0.3 is 17.7 Å². The maximum absolute atomic E-state index is 5.76. The molecule has 0 heterocycles. The average Bonchev–Trinajstić information content (AvgIpc) is 2.28. The highest BCUT2D eigenvalue weighted by atomic mass is 28.4. The van der Waals surface area contributed by atoms with Gasteiger partial charge in [0.25, 0.3) is 0 Å². The predicted octanol–water partition coefficient (Wildman–Crippen LogP) is 2.91. The molecular weight excluding hydrogens is 264 g/mol. The van der Waals surface area contributed by atoms with Gasteiger partial charge in [-0.3, -0.25) is 0 Å². The summed E-state index contributed by atoms with van der Waals surface area (Å²) in [5.41, 5.74) is 4.11. The van der Waals surface area contributed by atoms with Crippen LogP contribution in [0, 0.1) is 0 Å². The lowest BCUT2D eigenvalue weighted by Gasteiger charge is -2.26. The zero-order valence-electron chi connectivity index (χ0n) is 12.6. The molecule has 0 aliphatic heterocycles. The molecule has 0 aliphatic carbocycles. The third-order valence-electron chi connectivity index (χ3n) is 2.41. The first-order valence-corrected chi connectivity index (χ1v) is 11.5. The van der Waals surface area contributed by atoms with Crippen molar-refractivity contribution in [1.29, 1.82) is 0 Å². The first-order chi connectivity index (χ1) is 8.45. The number of rotatable bonds is 10. The predicted molar refractivity (Wildman–Crippen MR) is 78.9 cm³/mol. The summed E-state index contributed by atoms with van der Waals surface area (Å²) in [5.74, 6) is 0. The summed E-state index contributed by atoms with van der Waals surface area (Å²) in [6, 6.07) is 0. The molecule has 0 saturated heterocycles. The number of hydrogen-bond acceptors (Lipinski definition) is 4. The van der Waals surface area contributed by atoms with Gasteiger partial charge in [-0.05, 0) is 52.2 Å². The third kappa shape index (κ3) is 6.82. The van der Waals surface area contributed by atoms with Gasteiger partial charge in [0, 0.05) is 26.4 Å². The molecule has 0 aromatic carbocycles. The zero-order valence-corrected chi connectivity index (χ0v) is 14.6. The highest BCUT2D eigenvalue weighted by Gasteiger charge is 2.33. The summed E-state index contributed by atoms with van der Waals surface area (Å²) < 4.78 is 23.1. The summed E-state index contributed by atoms with van der Waals surface area (Å²) in [5, 5.41) is 0. The highest BCUT2D eigenvalue weighted by Crippen LogP contribution is 2.14. The van der Waals surface area contributed by atoms with Crippen molar-refractivity contribution < 1.29 is 17.7 Å². The van der Waals surface area contributed by atoms with E-state index in [1.807, 2.05) is 40.8 Å². The molecule has 0 radical (unpaired) electrons. The topological polar surface area (TPSA) is 36.9 Å². The van der Waals surface area contributed by atoms with E-state index in [1.165, 1.54) is 0 Å². The van der Waals surface area contributed by atoms with Crippen LogP contribution in [0.25, 0.3) is 0 Å². The lowest BCUT2D eigenvalue weighted by Crippen LogP contribution is -2.41. The van der Waals surface area contributed by atoms with Gasteiger partial charge in [0.05, 0.1) is 0 Å². The van der Waals surface area contributed by atoms with Crippen LogP contribution in [0.1, 0.15) is 27.7 Å². The van der Waals surface area contributed by atoms with Crippen LogP contribution in [-0.4, -0.2) is 43.5 Å². The van der Waals surface area contributed by atoms with E-state index >= 15 is 0 Å². The van der Waals surface area contributed by atoms with E-state index in [1.54, 1.807) is 0 Å². The van der Waals surface area contributed by atoms with Gasteiger partial charge >= 0.3 is 17.1 Å². The van der Waals surface area contributed by atoms with Crippen LogP contribution in [0.2, 0.25) is 13.1 Å². The van der Waals surface area contributed by atoms with Gasteiger partial charge in [-0.25, -0.2) is 0 Å². The van der Waals surface area contributed by atoms with Gasteiger partial charge in [0.15, 0.2) is 0 Å². The van der Waals surface area contributed by atoms with Crippen molar-refractivity contribution in [1.82, 2.24) is 0 Å². The van der Waals surface area contributed by atoms with E-state index < -0.39 is 17.1 Å². The first-order valence-electron chi connectivity index (χ1n) is 6.71. The lowest BCUT2D eigenvalue weighted by molar-refractivity contribution is 0.196. The van der Waals surface area contributed by atoms with E-state index in [0.29, 0.717) is 26.4 Å². The van der Waals surface area contributed by atoms with E-state index in [4.69, 9.17) is 17.7 Å².